The average molecular weight is 305 g/mol. The van der Waals surface area contributed by atoms with Crippen molar-refractivity contribution in [1.82, 2.24) is 0 Å². The Balaban J connectivity index is 3.07. The minimum atomic E-state index is -1.05. The summed E-state index contributed by atoms with van der Waals surface area (Å²) in [6.45, 7) is 1.69. The van der Waals surface area contributed by atoms with Gasteiger partial charge in [-0.3, -0.25) is 0 Å². The first-order valence-electron chi connectivity index (χ1n) is 4.87. The van der Waals surface area contributed by atoms with E-state index in [2.05, 4.69) is 15.9 Å². The molecule has 0 saturated heterocycles. The summed E-state index contributed by atoms with van der Waals surface area (Å²) in [5.41, 5.74) is 0.0955. The summed E-state index contributed by atoms with van der Waals surface area (Å²) in [5, 5.41) is 18.0. The van der Waals surface area contributed by atoms with Gasteiger partial charge in [0.1, 0.15) is 6.61 Å². The lowest BCUT2D eigenvalue weighted by atomic mass is 10.2. The average Bonchev–Trinajstić information content (AvgIpc) is 2.25. The number of hydrogen-bond donors (Lipinski definition) is 2. The number of methoxy groups -OCH3 is 1. The first-order chi connectivity index (χ1) is 7.95. The first-order valence-corrected chi connectivity index (χ1v) is 5.66. The quantitative estimate of drug-likeness (QED) is 0.869. The number of carbonyl (C=O) groups is 1. The molecule has 0 amide bonds. The second-order valence-corrected chi connectivity index (χ2v) is 4.31. The van der Waals surface area contributed by atoms with Crippen LogP contribution in [0.1, 0.15) is 17.3 Å². The van der Waals surface area contributed by atoms with E-state index in [0.29, 0.717) is 16.0 Å². The largest absolute Gasteiger partial charge is 0.493 e. The molecule has 94 valence electrons. The number of aromatic carboxylic acids is 1. The third-order valence-electron chi connectivity index (χ3n) is 1.95. The fourth-order valence-corrected chi connectivity index (χ4v) is 1.74. The molecule has 1 aromatic carbocycles. The van der Waals surface area contributed by atoms with E-state index in [0.717, 1.165) is 0 Å². The van der Waals surface area contributed by atoms with Crippen LogP contribution in [0.3, 0.4) is 0 Å². The number of ether oxygens (including phenoxy) is 2. The molecule has 0 spiro atoms. The third-order valence-corrected chi connectivity index (χ3v) is 2.53. The molecule has 6 heteroatoms. The highest BCUT2D eigenvalue weighted by molar-refractivity contribution is 9.10. The summed E-state index contributed by atoms with van der Waals surface area (Å²) < 4.78 is 10.9. The molecule has 0 fully saturated rings. The highest BCUT2D eigenvalue weighted by Gasteiger charge is 2.15. The summed E-state index contributed by atoms with van der Waals surface area (Å²) in [6.07, 6.45) is -0.620. The van der Waals surface area contributed by atoms with E-state index in [-0.39, 0.29) is 12.2 Å². The number of benzene rings is 1. The maximum atomic E-state index is 10.8. The molecule has 1 atom stereocenters. The SMILES string of the molecule is COc1cc(C(=O)O)cc(Br)c1OCC(C)O. The van der Waals surface area contributed by atoms with E-state index in [9.17, 15) is 4.79 Å². The van der Waals surface area contributed by atoms with Gasteiger partial charge in [-0.05, 0) is 35.0 Å². The Kier molecular flexibility index (Phi) is 4.77. The van der Waals surface area contributed by atoms with Crippen molar-refractivity contribution < 1.29 is 24.5 Å². The van der Waals surface area contributed by atoms with Crippen LogP contribution in [0.5, 0.6) is 11.5 Å². The molecule has 0 aliphatic heterocycles. The lowest BCUT2D eigenvalue weighted by Crippen LogP contribution is -2.13. The van der Waals surface area contributed by atoms with Gasteiger partial charge in [0.05, 0.1) is 23.2 Å². The molecule has 1 rings (SSSR count). The summed E-state index contributed by atoms with van der Waals surface area (Å²) in [5.74, 6) is -0.373. The molecular weight excluding hydrogens is 292 g/mol. The molecule has 0 aliphatic rings. The summed E-state index contributed by atoms with van der Waals surface area (Å²) in [6, 6.07) is 2.78. The number of aliphatic hydroxyl groups excluding tert-OH is 1. The monoisotopic (exact) mass is 304 g/mol. The van der Waals surface area contributed by atoms with Crippen molar-refractivity contribution in [1.29, 1.82) is 0 Å². The molecule has 2 N–H and O–H groups in total. The molecule has 5 nitrogen and oxygen atoms in total. The van der Waals surface area contributed by atoms with E-state index in [1.165, 1.54) is 19.2 Å². The van der Waals surface area contributed by atoms with Crippen molar-refractivity contribution in [2.24, 2.45) is 0 Å². The van der Waals surface area contributed by atoms with Gasteiger partial charge in [-0.15, -0.1) is 0 Å². The molecule has 17 heavy (non-hydrogen) atoms. The highest BCUT2D eigenvalue weighted by Crippen LogP contribution is 2.36. The zero-order valence-electron chi connectivity index (χ0n) is 9.44. The number of rotatable bonds is 5. The van der Waals surface area contributed by atoms with E-state index < -0.39 is 12.1 Å². The lowest BCUT2D eigenvalue weighted by molar-refractivity contribution is 0.0696. The van der Waals surface area contributed by atoms with Gasteiger partial charge in [0, 0.05) is 0 Å². The van der Waals surface area contributed by atoms with Crippen LogP contribution in [0.25, 0.3) is 0 Å². The Morgan fingerprint density at radius 2 is 2.18 bits per heavy atom. The van der Waals surface area contributed by atoms with Crippen LogP contribution >= 0.6 is 15.9 Å². The Morgan fingerprint density at radius 1 is 1.53 bits per heavy atom. The molecule has 1 unspecified atom stereocenters. The van der Waals surface area contributed by atoms with Crippen LogP contribution in [0.15, 0.2) is 16.6 Å². The van der Waals surface area contributed by atoms with Gasteiger partial charge in [0.15, 0.2) is 11.5 Å². The fourth-order valence-electron chi connectivity index (χ4n) is 1.19. The van der Waals surface area contributed by atoms with Crippen molar-refractivity contribution in [3.05, 3.63) is 22.2 Å². The minimum Gasteiger partial charge on any atom is -0.493 e. The second kappa shape index (κ2) is 5.88. The first kappa shape index (κ1) is 13.8. The molecule has 0 aromatic heterocycles. The van der Waals surface area contributed by atoms with Gasteiger partial charge in [-0.25, -0.2) is 4.79 Å². The van der Waals surface area contributed by atoms with Gasteiger partial charge in [0.2, 0.25) is 0 Å². The zero-order valence-corrected chi connectivity index (χ0v) is 11.0. The van der Waals surface area contributed by atoms with Crippen molar-refractivity contribution >= 4 is 21.9 Å². The predicted molar refractivity (Wildman–Crippen MR) is 64.8 cm³/mol. The van der Waals surface area contributed by atoms with Crippen molar-refractivity contribution in [2.45, 2.75) is 13.0 Å². The number of carboxylic acids is 1. The fraction of sp³-hybridized carbons (Fsp3) is 0.364. The second-order valence-electron chi connectivity index (χ2n) is 3.45. The third kappa shape index (κ3) is 3.61. The number of halogens is 1. The van der Waals surface area contributed by atoms with Gasteiger partial charge in [-0.1, -0.05) is 0 Å². The van der Waals surface area contributed by atoms with Gasteiger partial charge in [-0.2, -0.15) is 0 Å². The molecular formula is C11H13BrO5. The minimum absolute atomic E-state index is 0.0955. The topological polar surface area (TPSA) is 76.0 Å². The number of hydrogen-bond acceptors (Lipinski definition) is 4. The van der Waals surface area contributed by atoms with E-state index in [4.69, 9.17) is 19.7 Å². The Labute approximate surface area is 107 Å². The smallest absolute Gasteiger partial charge is 0.335 e. The molecule has 1 aromatic rings. The number of carboxylic acid groups (broad SMARTS) is 1. The maximum absolute atomic E-state index is 10.8. The maximum Gasteiger partial charge on any atom is 0.335 e. The Morgan fingerprint density at radius 3 is 2.65 bits per heavy atom. The van der Waals surface area contributed by atoms with Gasteiger partial charge < -0.3 is 19.7 Å². The summed E-state index contributed by atoms with van der Waals surface area (Å²) in [7, 11) is 1.42. The van der Waals surface area contributed by atoms with Crippen LogP contribution in [0, 0.1) is 0 Å². The Hall–Kier alpha value is -1.27. The van der Waals surface area contributed by atoms with E-state index in [1.54, 1.807) is 6.92 Å². The van der Waals surface area contributed by atoms with Crippen LogP contribution in [-0.4, -0.2) is 36.0 Å². The van der Waals surface area contributed by atoms with E-state index in [1.807, 2.05) is 0 Å². The van der Waals surface area contributed by atoms with Gasteiger partial charge in [0.25, 0.3) is 0 Å². The van der Waals surface area contributed by atoms with Crippen molar-refractivity contribution in [2.75, 3.05) is 13.7 Å². The van der Waals surface area contributed by atoms with Crippen LogP contribution in [-0.2, 0) is 0 Å². The van der Waals surface area contributed by atoms with Crippen LogP contribution in [0.2, 0.25) is 0 Å². The standard InChI is InChI=1S/C11H13BrO5/c1-6(13)5-17-10-8(12)3-7(11(14)15)4-9(10)16-2/h3-4,6,13H,5H2,1-2H3,(H,14,15). The van der Waals surface area contributed by atoms with Crippen molar-refractivity contribution in [3.8, 4) is 11.5 Å². The zero-order chi connectivity index (χ0) is 13.0. The molecule has 0 bridgehead atoms. The van der Waals surface area contributed by atoms with Gasteiger partial charge >= 0.3 is 5.97 Å². The number of aliphatic hydroxyl groups is 1. The van der Waals surface area contributed by atoms with Crippen LogP contribution < -0.4 is 9.47 Å². The normalized spacial score (nSPS) is 12.0. The Bertz CT molecular complexity index is 417. The van der Waals surface area contributed by atoms with Crippen molar-refractivity contribution in [3.63, 3.8) is 0 Å². The molecule has 0 aliphatic carbocycles. The lowest BCUT2D eigenvalue weighted by Gasteiger charge is -2.14. The molecule has 0 radical (unpaired) electrons. The van der Waals surface area contributed by atoms with E-state index >= 15 is 0 Å². The highest BCUT2D eigenvalue weighted by atomic mass is 79.9. The summed E-state index contributed by atoms with van der Waals surface area (Å²) >= 11 is 3.21. The molecule has 0 heterocycles. The summed E-state index contributed by atoms with van der Waals surface area (Å²) in [4.78, 5) is 10.8. The predicted octanol–water partition coefficient (Wildman–Crippen LogP) is 1.92. The molecule has 0 saturated carbocycles. The van der Waals surface area contributed by atoms with Crippen LogP contribution in [0.4, 0.5) is 0 Å².